The van der Waals surface area contributed by atoms with Crippen LogP contribution in [0.3, 0.4) is 0 Å². The zero-order chi connectivity index (χ0) is 22.2. The second-order valence-corrected chi connectivity index (χ2v) is 7.19. The summed E-state index contributed by atoms with van der Waals surface area (Å²) < 4.78 is 48.4. The number of esters is 1. The van der Waals surface area contributed by atoms with E-state index in [1.807, 2.05) is 25.2 Å². The first kappa shape index (κ1) is 20.6. The lowest BCUT2D eigenvalue weighted by molar-refractivity contribution is -0.144. The van der Waals surface area contributed by atoms with Gasteiger partial charge in [0.05, 0.1) is 29.4 Å². The third-order valence-electron chi connectivity index (χ3n) is 5.02. The van der Waals surface area contributed by atoms with E-state index in [-0.39, 0.29) is 24.3 Å². The van der Waals surface area contributed by atoms with E-state index in [2.05, 4.69) is 10.2 Å². The van der Waals surface area contributed by atoms with Crippen LogP contribution < -0.4 is 0 Å². The molecule has 0 N–H and O–H groups in total. The molecule has 0 aliphatic carbocycles. The van der Waals surface area contributed by atoms with Crippen molar-refractivity contribution >= 4 is 16.9 Å². The van der Waals surface area contributed by atoms with Crippen molar-refractivity contribution in [3.8, 4) is 11.3 Å². The van der Waals surface area contributed by atoms with E-state index in [1.165, 1.54) is 28.9 Å². The molecule has 4 rings (SSSR count). The molecule has 0 aliphatic rings. The van der Waals surface area contributed by atoms with Gasteiger partial charge in [-0.1, -0.05) is 24.3 Å². The first-order valence-corrected chi connectivity index (χ1v) is 9.48. The zero-order valence-electron chi connectivity index (χ0n) is 16.8. The number of aromatic nitrogens is 4. The van der Waals surface area contributed by atoms with Crippen LogP contribution in [-0.4, -0.2) is 25.5 Å². The molecule has 0 spiro atoms. The predicted molar refractivity (Wildman–Crippen MR) is 108 cm³/mol. The van der Waals surface area contributed by atoms with E-state index >= 15 is 0 Å². The van der Waals surface area contributed by atoms with Gasteiger partial charge in [-0.05, 0) is 29.8 Å². The minimum Gasteiger partial charge on any atom is -0.461 e. The van der Waals surface area contributed by atoms with Gasteiger partial charge >= 0.3 is 12.1 Å². The van der Waals surface area contributed by atoms with Crippen LogP contribution in [-0.2, 0) is 42.8 Å². The van der Waals surface area contributed by atoms with Crippen LogP contribution in [0.25, 0.3) is 22.2 Å². The zero-order valence-corrected chi connectivity index (χ0v) is 16.8. The van der Waals surface area contributed by atoms with Gasteiger partial charge in [0.1, 0.15) is 6.61 Å². The molecule has 2 heterocycles. The lowest BCUT2D eigenvalue weighted by atomic mass is 10.0. The van der Waals surface area contributed by atoms with Crippen molar-refractivity contribution in [3.05, 3.63) is 71.5 Å². The Morgan fingerprint density at radius 1 is 1.06 bits per heavy atom. The van der Waals surface area contributed by atoms with Crippen LogP contribution >= 0.6 is 0 Å². The number of rotatable bonds is 5. The van der Waals surface area contributed by atoms with Gasteiger partial charge in [-0.3, -0.25) is 14.2 Å². The molecule has 0 saturated carbocycles. The number of aryl methyl sites for hydroxylation is 2. The van der Waals surface area contributed by atoms with Gasteiger partial charge in [-0.15, -0.1) is 0 Å². The molecule has 6 nitrogen and oxygen atoms in total. The minimum absolute atomic E-state index is 0.0324. The van der Waals surface area contributed by atoms with Gasteiger partial charge in [-0.25, -0.2) is 0 Å². The molecule has 0 fully saturated rings. The second kappa shape index (κ2) is 7.90. The Morgan fingerprint density at radius 2 is 1.84 bits per heavy atom. The highest BCUT2D eigenvalue weighted by molar-refractivity contribution is 5.79. The first-order chi connectivity index (χ1) is 14.7. The number of alkyl halides is 3. The summed E-state index contributed by atoms with van der Waals surface area (Å²) in [5.74, 6) is -0.495. The Kier molecular flexibility index (Phi) is 5.26. The molecule has 0 atom stereocenters. The van der Waals surface area contributed by atoms with Crippen molar-refractivity contribution in [2.75, 3.05) is 0 Å². The van der Waals surface area contributed by atoms with Gasteiger partial charge in [0, 0.05) is 30.7 Å². The van der Waals surface area contributed by atoms with Crippen LogP contribution in [0.1, 0.15) is 16.8 Å². The second-order valence-electron chi connectivity index (χ2n) is 7.19. The first-order valence-electron chi connectivity index (χ1n) is 9.48. The van der Waals surface area contributed by atoms with Crippen molar-refractivity contribution in [1.29, 1.82) is 0 Å². The number of ether oxygens (including phenoxy) is 1. The Balaban J connectivity index is 1.46. The number of benzene rings is 2. The maximum Gasteiger partial charge on any atom is 0.417 e. The van der Waals surface area contributed by atoms with Crippen molar-refractivity contribution < 1.29 is 22.7 Å². The number of carbonyl (C=O) groups is 1. The van der Waals surface area contributed by atoms with E-state index in [0.717, 1.165) is 22.5 Å². The van der Waals surface area contributed by atoms with Gasteiger partial charge in [0.15, 0.2) is 0 Å². The van der Waals surface area contributed by atoms with Gasteiger partial charge in [0.25, 0.3) is 0 Å². The Labute approximate surface area is 175 Å². The van der Waals surface area contributed by atoms with Crippen LogP contribution in [0.4, 0.5) is 13.2 Å². The summed E-state index contributed by atoms with van der Waals surface area (Å²) in [6.07, 6.45) is -2.87. The summed E-state index contributed by atoms with van der Waals surface area (Å²) in [6.45, 7) is 0.0886. The molecule has 0 unspecified atom stereocenters. The summed E-state index contributed by atoms with van der Waals surface area (Å²) in [5, 5.41) is 9.28. The molecule has 0 bridgehead atoms. The maximum absolute atomic E-state index is 13.3. The Bertz CT molecular complexity index is 1260. The topological polar surface area (TPSA) is 61.9 Å². The highest BCUT2D eigenvalue weighted by Crippen LogP contribution is 2.36. The van der Waals surface area contributed by atoms with E-state index in [9.17, 15) is 18.0 Å². The van der Waals surface area contributed by atoms with E-state index < -0.39 is 17.7 Å². The van der Waals surface area contributed by atoms with Gasteiger partial charge < -0.3 is 4.74 Å². The lowest BCUT2D eigenvalue weighted by Crippen LogP contribution is -2.11. The molecule has 0 radical (unpaired) electrons. The summed E-state index contributed by atoms with van der Waals surface area (Å²) in [6, 6.07) is 12.4. The van der Waals surface area contributed by atoms with E-state index in [4.69, 9.17) is 4.74 Å². The third-order valence-corrected chi connectivity index (χ3v) is 5.02. The van der Waals surface area contributed by atoms with Crippen molar-refractivity contribution in [2.45, 2.75) is 19.2 Å². The highest BCUT2D eigenvalue weighted by Gasteiger charge is 2.34. The molecule has 31 heavy (non-hydrogen) atoms. The summed E-state index contributed by atoms with van der Waals surface area (Å²) in [7, 11) is 3.43. The SMILES string of the molecule is Cn1nc(-c2ccccc2C(F)(F)F)cc1CC(=O)OCc1ccc2c(cnn2C)c1. The van der Waals surface area contributed by atoms with Crippen molar-refractivity contribution in [3.63, 3.8) is 0 Å². The molecular weight excluding hydrogens is 409 g/mol. The monoisotopic (exact) mass is 428 g/mol. The summed E-state index contributed by atoms with van der Waals surface area (Å²) in [4.78, 5) is 12.3. The smallest absolute Gasteiger partial charge is 0.417 e. The number of hydrogen-bond acceptors (Lipinski definition) is 4. The molecule has 160 valence electrons. The number of halogens is 3. The third kappa shape index (κ3) is 4.30. The van der Waals surface area contributed by atoms with Gasteiger partial charge in [0.2, 0.25) is 0 Å². The quantitative estimate of drug-likeness (QED) is 0.445. The summed E-state index contributed by atoms with van der Waals surface area (Å²) in [5.41, 5.74) is 1.60. The fourth-order valence-electron chi connectivity index (χ4n) is 3.42. The average Bonchev–Trinajstić information content (AvgIpc) is 3.28. The van der Waals surface area contributed by atoms with Crippen LogP contribution in [0.15, 0.2) is 54.7 Å². The Morgan fingerprint density at radius 3 is 2.61 bits per heavy atom. The predicted octanol–water partition coefficient (Wildman–Crippen LogP) is 4.28. The van der Waals surface area contributed by atoms with Crippen molar-refractivity contribution in [1.82, 2.24) is 19.6 Å². The minimum atomic E-state index is -4.50. The van der Waals surface area contributed by atoms with E-state index in [1.54, 1.807) is 17.9 Å². The fraction of sp³-hybridized carbons (Fsp3) is 0.227. The van der Waals surface area contributed by atoms with E-state index in [0.29, 0.717) is 5.69 Å². The van der Waals surface area contributed by atoms with Crippen LogP contribution in [0.5, 0.6) is 0 Å². The Hall–Kier alpha value is -3.62. The molecule has 2 aromatic heterocycles. The van der Waals surface area contributed by atoms with Crippen molar-refractivity contribution in [2.24, 2.45) is 14.1 Å². The van der Waals surface area contributed by atoms with Crippen LogP contribution in [0, 0.1) is 0 Å². The molecule has 4 aromatic rings. The standard InChI is InChI=1S/C22H19F3N4O2/c1-28-16(10-19(27-28)17-5-3-4-6-18(17)22(23,24)25)11-21(30)31-13-14-7-8-20-15(9-14)12-26-29(20)2/h3-10,12H,11,13H2,1-2H3. The molecule has 2 aromatic carbocycles. The fourth-order valence-corrected chi connectivity index (χ4v) is 3.42. The number of hydrogen-bond donors (Lipinski definition) is 0. The number of carbonyl (C=O) groups excluding carboxylic acids is 1. The number of fused-ring (bicyclic) bond motifs is 1. The molecule has 0 aliphatic heterocycles. The number of nitrogens with zero attached hydrogens (tertiary/aromatic N) is 4. The molecule has 0 saturated heterocycles. The maximum atomic E-state index is 13.3. The highest BCUT2D eigenvalue weighted by atomic mass is 19.4. The lowest BCUT2D eigenvalue weighted by Gasteiger charge is -2.10. The molecule has 9 heteroatoms. The molecule has 0 amide bonds. The summed E-state index contributed by atoms with van der Waals surface area (Å²) >= 11 is 0. The molecular formula is C22H19F3N4O2. The van der Waals surface area contributed by atoms with Gasteiger partial charge in [-0.2, -0.15) is 23.4 Å². The van der Waals surface area contributed by atoms with Crippen LogP contribution in [0.2, 0.25) is 0 Å². The average molecular weight is 428 g/mol. The largest absolute Gasteiger partial charge is 0.461 e. The normalized spacial score (nSPS) is 11.8.